The standard InChI is InChI=1S/C38H33BI2N2/c1-3-5-11-24-19-26(40)23-27(20-24)42-35-18-10-14-29-31-16-9-15-30-28-13-7-8-17-34(28)43(37(30)31)39(36(29)35)32-21-25(12-6-4-2)22-33(41)38(32)42/h7-10,13-23H,3-6,11-12H2,1-2H3. The maximum Gasteiger partial charge on any atom is 0.333 e. The van der Waals surface area contributed by atoms with Gasteiger partial charge in [-0.25, -0.2) is 0 Å². The summed E-state index contributed by atoms with van der Waals surface area (Å²) in [5.41, 5.74) is 15.0. The van der Waals surface area contributed by atoms with E-state index in [2.05, 4.69) is 159 Å². The van der Waals surface area contributed by atoms with Crippen LogP contribution in [0.15, 0.2) is 91.0 Å². The van der Waals surface area contributed by atoms with E-state index in [1.54, 1.807) is 0 Å². The third kappa shape index (κ3) is 4.32. The fraction of sp³-hybridized carbons (Fsp3) is 0.211. The van der Waals surface area contributed by atoms with Crippen molar-refractivity contribution in [2.45, 2.75) is 52.4 Å². The summed E-state index contributed by atoms with van der Waals surface area (Å²) in [7, 11) is 0. The Balaban J connectivity index is 1.48. The third-order valence-electron chi connectivity index (χ3n) is 9.39. The second-order valence-corrected chi connectivity index (χ2v) is 14.5. The van der Waals surface area contributed by atoms with Gasteiger partial charge in [0.05, 0.1) is 5.69 Å². The van der Waals surface area contributed by atoms with Crippen LogP contribution in [0, 0.1) is 7.14 Å². The van der Waals surface area contributed by atoms with Crippen molar-refractivity contribution in [3.63, 3.8) is 0 Å². The van der Waals surface area contributed by atoms with E-state index < -0.39 is 0 Å². The zero-order valence-electron chi connectivity index (χ0n) is 24.6. The highest BCUT2D eigenvalue weighted by atomic mass is 127. The summed E-state index contributed by atoms with van der Waals surface area (Å²) < 4.78 is 5.30. The largest absolute Gasteiger partial charge is 0.375 e. The van der Waals surface area contributed by atoms with Crippen LogP contribution >= 0.6 is 45.2 Å². The number of fused-ring (bicyclic) bond motifs is 7. The molecular weight excluding hydrogens is 749 g/mol. The number of halogens is 2. The van der Waals surface area contributed by atoms with Gasteiger partial charge in [0.2, 0.25) is 0 Å². The van der Waals surface area contributed by atoms with Crippen LogP contribution < -0.4 is 15.8 Å². The van der Waals surface area contributed by atoms with E-state index >= 15 is 0 Å². The summed E-state index contributed by atoms with van der Waals surface area (Å²) in [5.74, 6) is 0. The molecule has 2 nitrogen and oxygen atoms in total. The van der Waals surface area contributed by atoms with Crippen LogP contribution in [0.3, 0.4) is 0 Å². The van der Waals surface area contributed by atoms with E-state index in [9.17, 15) is 0 Å². The number of hydrogen-bond acceptors (Lipinski definition) is 1. The Morgan fingerprint density at radius 2 is 1.42 bits per heavy atom. The van der Waals surface area contributed by atoms with Gasteiger partial charge < -0.3 is 9.38 Å². The molecule has 0 saturated heterocycles. The maximum absolute atomic E-state index is 2.67. The normalized spacial score (nSPS) is 13.1. The van der Waals surface area contributed by atoms with Gasteiger partial charge in [0.1, 0.15) is 0 Å². The van der Waals surface area contributed by atoms with Gasteiger partial charge in [-0.1, -0.05) is 81.3 Å². The van der Waals surface area contributed by atoms with E-state index in [1.807, 2.05) is 0 Å². The number of anilines is 3. The second kappa shape index (κ2) is 11.0. The van der Waals surface area contributed by atoms with Gasteiger partial charge in [0, 0.05) is 45.9 Å². The number of aryl methyl sites for hydroxylation is 2. The van der Waals surface area contributed by atoms with Crippen LogP contribution in [0.4, 0.5) is 17.1 Å². The molecule has 0 N–H and O–H groups in total. The Morgan fingerprint density at radius 1 is 0.698 bits per heavy atom. The highest BCUT2D eigenvalue weighted by molar-refractivity contribution is 14.1. The Bertz CT molecular complexity index is 2060. The van der Waals surface area contributed by atoms with Gasteiger partial charge in [-0.3, -0.25) is 0 Å². The van der Waals surface area contributed by atoms with E-state index in [0.717, 1.165) is 12.8 Å². The molecule has 5 aromatic carbocycles. The quantitative estimate of drug-likeness (QED) is 0.116. The number of rotatable bonds is 7. The first-order valence-corrected chi connectivity index (χ1v) is 17.8. The molecule has 1 aromatic heterocycles. The van der Waals surface area contributed by atoms with Crippen LogP contribution in [0.1, 0.15) is 50.7 Å². The molecule has 2 aliphatic rings. The molecule has 3 heterocycles. The molecule has 0 fully saturated rings. The first-order valence-electron chi connectivity index (χ1n) is 15.7. The smallest absolute Gasteiger partial charge is 0.333 e. The van der Waals surface area contributed by atoms with E-state index in [4.69, 9.17) is 0 Å². The Morgan fingerprint density at radius 3 is 2.23 bits per heavy atom. The number of nitrogens with zero attached hydrogens (tertiary/aromatic N) is 2. The van der Waals surface area contributed by atoms with Gasteiger partial charge in [-0.05, 0) is 135 Å². The molecule has 43 heavy (non-hydrogen) atoms. The molecule has 0 saturated carbocycles. The predicted octanol–water partition coefficient (Wildman–Crippen LogP) is 10.1. The summed E-state index contributed by atoms with van der Waals surface area (Å²) in [6.07, 6.45) is 7.06. The lowest BCUT2D eigenvalue weighted by atomic mass is 9.45. The summed E-state index contributed by atoms with van der Waals surface area (Å²) in [6, 6.07) is 35.1. The number of para-hydroxylation sites is 2. The van der Waals surface area contributed by atoms with Gasteiger partial charge in [-0.15, -0.1) is 0 Å². The molecule has 6 aromatic rings. The zero-order valence-corrected chi connectivity index (χ0v) is 28.9. The number of hydrogen-bond donors (Lipinski definition) is 0. The molecule has 8 rings (SSSR count). The molecule has 2 aliphatic heterocycles. The van der Waals surface area contributed by atoms with Crippen molar-refractivity contribution in [1.29, 1.82) is 0 Å². The predicted molar refractivity (Wildman–Crippen MR) is 203 cm³/mol. The number of unbranched alkanes of at least 4 members (excludes halogenated alkanes) is 2. The maximum atomic E-state index is 2.67. The first kappa shape index (κ1) is 27.8. The third-order valence-corrected chi connectivity index (χ3v) is 10.8. The molecule has 0 amide bonds. The molecule has 0 bridgehead atoms. The average molecular weight is 782 g/mol. The molecule has 5 heteroatoms. The van der Waals surface area contributed by atoms with Crippen LogP contribution in [-0.2, 0) is 12.8 Å². The Hall–Kier alpha value is -2.78. The summed E-state index contributed by atoms with van der Waals surface area (Å²) >= 11 is 5.14. The minimum atomic E-state index is 0.118. The summed E-state index contributed by atoms with van der Waals surface area (Å²) in [5, 5.41) is 2.69. The topological polar surface area (TPSA) is 8.17 Å². The fourth-order valence-electron chi connectivity index (χ4n) is 7.56. The van der Waals surface area contributed by atoms with E-state index in [0.29, 0.717) is 0 Å². The van der Waals surface area contributed by atoms with E-state index in [-0.39, 0.29) is 6.85 Å². The SMILES string of the molecule is CCCCc1cc(I)cc(N2c3cccc4c3B(c3cc(CCCC)cc(I)c32)n2c3ccccc3c3cccc-4c32)c1. The van der Waals surface area contributed by atoms with Crippen LogP contribution in [0.25, 0.3) is 32.9 Å². The fourth-order valence-corrected chi connectivity index (χ4v) is 9.23. The summed E-state index contributed by atoms with van der Waals surface area (Å²) in [6.45, 7) is 4.69. The average Bonchev–Trinajstić information content (AvgIpc) is 3.36. The molecular formula is C38H33BI2N2. The van der Waals surface area contributed by atoms with Crippen LogP contribution in [0.5, 0.6) is 0 Å². The Kier molecular flexibility index (Phi) is 7.09. The minimum Gasteiger partial charge on any atom is -0.375 e. The Labute approximate surface area is 281 Å². The van der Waals surface area contributed by atoms with Crippen molar-refractivity contribution in [2.75, 3.05) is 4.90 Å². The van der Waals surface area contributed by atoms with Gasteiger partial charge >= 0.3 is 6.85 Å². The number of aromatic nitrogens is 1. The van der Waals surface area contributed by atoms with Crippen molar-refractivity contribution in [3.8, 4) is 11.1 Å². The highest BCUT2D eigenvalue weighted by Gasteiger charge is 2.43. The monoisotopic (exact) mass is 782 g/mol. The molecule has 0 spiro atoms. The highest BCUT2D eigenvalue weighted by Crippen LogP contribution is 2.46. The molecule has 0 aliphatic carbocycles. The van der Waals surface area contributed by atoms with Gasteiger partial charge in [0.25, 0.3) is 0 Å². The lowest BCUT2D eigenvalue weighted by Crippen LogP contribution is -2.57. The van der Waals surface area contributed by atoms with Crippen LogP contribution in [-0.4, -0.2) is 11.3 Å². The molecule has 0 unspecified atom stereocenters. The lowest BCUT2D eigenvalue weighted by Gasteiger charge is -2.41. The molecule has 0 radical (unpaired) electrons. The van der Waals surface area contributed by atoms with Gasteiger partial charge in [-0.2, -0.15) is 0 Å². The molecule has 0 atom stereocenters. The van der Waals surface area contributed by atoms with Crippen molar-refractivity contribution >= 4 is 102 Å². The van der Waals surface area contributed by atoms with Crippen molar-refractivity contribution in [3.05, 3.63) is 109 Å². The van der Waals surface area contributed by atoms with Gasteiger partial charge in [0.15, 0.2) is 0 Å². The summed E-state index contributed by atoms with van der Waals surface area (Å²) in [4.78, 5) is 2.59. The first-order chi connectivity index (χ1) is 21.1. The number of benzene rings is 5. The molecule has 212 valence electrons. The lowest BCUT2D eigenvalue weighted by molar-refractivity contribution is 0.794. The minimum absolute atomic E-state index is 0.118. The van der Waals surface area contributed by atoms with E-state index in [1.165, 1.54) is 105 Å². The zero-order chi connectivity index (χ0) is 29.2. The van der Waals surface area contributed by atoms with Crippen molar-refractivity contribution < 1.29 is 0 Å². The van der Waals surface area contributed by atoms with Crippen molar-refractivity contribution in [1.82, 2.24) is 4.48 Å². The second-order valence-electron chi connectivity index (χ2n) is 12.1. The van der Waals surface area contributed by atoms with Crippen LogP contribution in [0.2, 0.25) is 0 Å². The van der Waals surface area contributed by atoms with Crippen molar-refractivity contribution in [2.24, 2.45) is 0 Å².